The Morgan fingerprint density at radius 2 is 1.93 bits per heavy atom. The van der Waals surface area contributed by atoms with Crippen LogP contribution in [0.25, 0.3) is 0 Å². The molecule has 80 valence electrons. The van der Waals surface area contributed by atoms with Gasteiger partial charge in [-0.2, -0.15) is 0 Å². The fourth-order valence-electron chi connectivity index (χ4n) is 2.50. The van der Waals surface area contributed by atoms with Gasteiger partial charge in [-0.05, 0) is 30.8 Å². The minimum absolute atomic E-state index is 0.441. The van der Waals surface area contributed by atoms with Gasteiger partial charge >= 0.3 is 0 Å². The average molecular weight is 193 g/mol. The van der Waals surface area contributed by atoms with E-state index < -0.39 is 0 Å². The Balaban J connectivity index is 2.70. The van der Waals surface area contributed by atoms with Crippen LogP contribution >= 0.6 is 0 Å². The van der Waals surface area contributed by atoms with E-state index in [1.807, 2.05) is 7.05 Å². The molecule has 0 unspecified atom stereocenters. The lowest BCUT2D eigenvalue weighted by Gasteiger charge is -2.33. The normalized spacial score (nSPS) is 19.2. The van der Waals surface area contributed by atoms with Gasteiger partial charge in [-0.25, -0.2) is 0 Å². The second-order valence-corrected chi connectivity index (χ2v) is 4.34. The van der Waals surface area contributed by atoms with Gasteiger partial charge < -0.3 is 5.32 Å². The minimum Gasteiger partial charge on any atom is -0.391 e. The van der Waals surface area contributed by atoms with Crippen LogP contribution in [0, 0.1) is 5.41 Å². The molecule has 0 heterocycles. The van der Waals surface area contributed by atoms with Gasteiger partial charge in [0.25, 0.3) is 0 Å². The maximum Gasteiger partial charge on any atom is 0.0113 e. The van der Waals surface area contributed by atoms with E-state index in [1.54, 1.807) is 0 Å². The molecule has 1 rings (SSSR count). The molecule has 14 heavy (non-hydrogen) atoms. The zero-order valence-corrected chi connectivity index (χ0v) is 9.77. The van der Waals surface area contributed by atoms with Crippen molar-refractivity contribution in [2.75, 3.05) is 7.05 Å². The molecule has 0 fully saturated rings. The van der Waals surface area contributed by atoms with E-state index in [4.69, 9.17) is 0 Å². The van der Waals surface area contributed by atoms with Gasteiger partial charge in [-0.15, -0.1) is 0 Å². The standard InChI is InChI=1S/C13H23N/c1-4-8-13(9-5-2)10-6-7-12(11-13)14-3/h6-7,10,14H,4-5,8-9,11H2,1-3H3. The molecule has 0 aromatic rings. The molecular formula is C13H23N. The summed E-state index contributed by atoms with van der Waals surface area (Å²) in [6.07, 6.45) is 13.2. The van der Waals surface area contributed by atoms with Crippen molar-refractivity contribution in [3.05, 3.63) is 23.9 Å². The van der Waals surface area contributed by atoms with Crippen LogP contribution in [-0.2, 0) is 0 Å². The number of allylic oxidation sites excluding steroid dienone is 4. The predicted octanol–water partition coefficient (Wildman–Crippen LogP) is 3.64. The van der Waals surface area contributed by atoms with Crippen LogP contribution in [0.4, 0.5) is 0 Å². The largest absolute Gasteiger partial charge is 0.391 e. The van der Waals surface area contributed by atoms with Crippen molar-refractivity contribution < 1.29 is 0 Å². The first kappa shape index (κ1) is 11.4. The van der Waals surface area contributed by atoms with Gasteiger partial charge in [0.1, 0.15) is 0 Å². The molecule has 0 bridgehead atoms. The molecule has 0 saturated carbocycles. The molecule has 0 atom stereocenters. The Labute approximate surface area is 88.3 Å². The molecule has 0 saturated heterocycles. The van der Waals surface area contributed by atoms with Gasteiger partial charge in [0, 0.05) is 12.7 Å². The molecule has 0 spiro atoms. The summed E-state index contributed by atoms with van der Waals surface area (Å²) < 4.78 is 0. The molecule has 1 aliphatic rings. The summed E-state index contributed by atoms with van der Waals surface area (Å²) in [5.74, 6) is 0. The van der Waals surface area contributed by atoms with Crippen molar-refractivity contribution in [1.82, 2.24) is 5.32 Å². The van der Waals surface area contributed by atoms with Crippen LogP contribution in [0.5, 0.6) is 0 Å². The highest BCUT2D eigenvalue weighted by molar-refractivity contribution is 5.22. The number of hydrogen-bond acceptors (Lipinski definition) is 1. The van der Waals surface area contributed by atoms with Gasteiger partial charge in [0.05, 0.1) is 0 Å². The van der Waals surface area contributed by atoms with E-state index in [9.17, 15) is 0 Å². The van der Waals surface area contributed by atoms with Crippen LogP contribution < -0.4 is 5.32 Å². The lowest BCUT2D eigenvalue weighted by molar-refractivity contribution is 0.304. The van der Waals surface area contributed by atoms with Gasteiger partial charge in [-0.3, -0.25) is 0 Å². The fraction of sp³-hybridized carbons (Fsp3) is 0.692. The smallest absolute Gasteiger partial charge is 0.0113 e. The first-order chi connectivity index (χ1) is 6.76. The van der Waals surface area contributed by atoms with E-state index in [2.05, 4.69) is 37.4 Å². The Hall–Kier alpha value is -0.720. The average Bonchev–Trinajstić information content (AvgIpc) is 2.19. The topological polar surface area (TPSA) is 12.0 Å². The summed E-state index contributed by atoms with van der Waals surface area (Å²) >= 11 is 0. The second kappa shape index (κ2) is 5.23. The molecule has 1 N–H and O–H groups in total. The van der Waals surface area contributed by atoms with Gasteiger partial charge in [0.2, 0.25) is 0 Å². The Morgan fingerprint density at radius 1 is 1.29 bits per heavy atom. The van der Waals surface area contributed by atoms with Gasteiger partial charge in [-0.1, -0.05) is 38.8 Å². The van der Waals surface area contributed by atoms with Crippen LogP contribution in [0.15, 0.2) is 23.9 Å². The maximum absolute atomic E-state index is 3.29. The fourth-order valence-corrected chi connectivity index (χ4v) is 2.50. The number of rotatable bonds is 5. The van der Waals surface area contributed by atoms with Gasteiger partial charge in [0.15, 0.2) is 0 Å². The van der Waals surface area contributed by atoms with E-state index >= 15 is 0 Å². The highest BCUT2D eigenvalue weighted by Gasteiger charge is 2.27. The van der Waals surface area contributed by atoms with E-state index in [0.717, 1.165) is 0 Å². The summed E-state index contributed by atoms with van der Waals surface area (Å²) in [6.45, 7) is 4.56. The third-order valence-electron chi connectivity index (χ3n) is 3.11. The summed E-state index contributed by atoms with van der Waals surface area (Å²) in [5.41, 5.74) is 1.82. The third-order valence-corrected chi connectivity index (χ3v) is 3.11. The lowest BCUT2D eigenvalue weighted by Crippen LogP contribution is -2.24. The highest BCUT2D eigenvalue weighted by Crippen LogP contribution is 2.39. The summed E-state index contributed by atoms with van der Waals surface area (Å²) in [6, 6.07) is 0. The molecule has 0 aromatic heterocycles. The first-order valence-electron chi connectivity index (χ1n) is 5.82. The molecule has 1 nitrogen and oxygen atoms in total. The molecule has 1 heteroatoms. The summed E-state index contributed by atoms with van der Waals surface area (Å²) in [4.78, 5) is 0. The monoisotopic (exact) mass is 193 g/mol. The molecule has 0 aromatic carbocycles. The second-order valence-electron chi connectivity index (χ2n) is 4.34. The van der Waals surface area contributed by atoms with Crippen LogP contribution in [0.2, 0.25) is 0 Å². The first-order valence-corrected chi connectivity index (χ1v) is 5.82. The van der Waals surface area contributed by atoms with Crippen molar-refractivity contribution in [2.24, 2.45) is 5.41 Å². The number of hydrogen-bond donors (Lipinski definition) is 1. The van der Waals surface area contributed by atoms with Crippen molar-refractivity contribution in [1.29, 1.82) is 0 Å². The van der Waals surface area contributed by atoms with Crippen molar-refractivity contribution in [3.63, 3.8) is 0 Å². The van der Waals surface area contributed by atoms with Crippen LogP contribution in [0.1, 0.15) is 46.0 Å². The lowest BCUT2D eigenvalue weighted by atomic mass is 9.73. The molecule has 0 radical (unpaired) electrons. The molecule has 0 amide bonds. The van der Waals surface area contributed by atoms with Crippen molar-refractivity contribution in [2.45, 2.75) is 46.0 Å². The Kier molecular flexibility index (Phi) is 4.24. The highest BCUT2D eigenvalue weighted by atomic mass is 14.8. The Morgan fingerprint density at radius 3 is 2.43 bits per heavy atom. The quantitative estimate of drug-likeness (QED) is 0.703. The zero-order chi connectivity index (χ0) is 10.4. The molecule has 0 aliphatic heterocycles. The van der Waals surface area contributed by atoms with E-state index in [1.165, 1.54) is 37.8 Å². The van der Waals surface area contributed by atoms with E-state index in [0.29, 0.717) is 5.41 Å². The maximum atomic E-state index is 3.29. The summed E-state index contributed by atoms with van der Waals surface area (Å²) in [5, 5.41) is 3.29. The van der Waals surface area contributed by atoms with Crippen molar-refractivity contribution >= 4 is 0 Å². The number of nitrogens with one attached hydrogen (secondary N) is 1. The minimum atomic E-state index is 0.441. The predicted molar refractivity (Wildman–Crippen MR) is 63.1 cm³/mol. The van der Waals surface area contributed by atoms with Crippen LogP contribution in [-0.4, -0.2) is 7.05 Å². The SMILES string of the molecule is CCCC1(CCC)C=CC=C(NC)C1. The zero-order valence-electron chi connectivity index (χ0n) is 9.77. The summed E-state index contributed by atoms with van der Waals surface area (Å²) in [7, 11) is 2.02. The molecule has 1 aliphatic carbocycles. The molecular weight excluding hydrogens is 170 g/mol. The van der Waals surface area contributed by atoms with Crippen LogP contribution in [0.3, 0.4) is 0 Å². The third kappa shape index (κ3) is 2.63. The Bertz CT molecular complexity index is 219. The van der Waals surface area contributed by atoms with Crippen molar-refractivity contribution in [3.8, 4) is 0 Å². The van der Waals surface area contributed by atoms with E-state index in [-0.39, 0.29) is 0 Å².